The van der Waals surface area contributed by atoms with E-state index >= 15 is 0 Å². The molecule has 0 amide bonds. The summed E-state index contributed by atoms with van der Waals surface area (Å²) in [6, 6.07) is 2.08. The topological polar surface area (TPSA) is 30.2 Å². The van der Waals surface area contributed by atoms with E-state index in [1.165, 1.54) is 0 Å². The predicted octanol–water partition coefficient (Wildman–Crippen LogP) is 3.01. The van der Waals surface area contributed by atoms with Crippen molar-refractivity contribution in [2.24, 2.45) is 0 Å². The summed E-state index contributed by atoms with van der Waals surface area (Å²) in [5, 5.41) is 0. The number of thioether (sulfide) groups is 2. The second-order valence-corrected chi connectivity index (χ2v) is 5.95. The number of aromatic nitrogens is 1. The first-order valence-corrected chi connectivity index (χ1v) is 8.47. The van der Waals surface area contributed by atoms with Gasteiger partial charge in [-0.05, 0) is 39.3 Å². The summed E-state index contributed by atoms with van der Waals surface area (Å²) < 4.78 is 8.00. The van der Waals surface area contributed by atoms with Gasteiger partial charge in [-0.1, -0.05) is 0 Å². The maximum Gasteiger partial charge on any atom is 0.405 e. The molecule has 3 nitrogen and oxygen atoms in total. The molecule has 0 aliphatic carbocycles. The summed E-state index contributed by atoms with van der Waals surface area (Å²) in [4.78, 5) is 12.2. The molecular weight excluding hydrogens is 278 g/mol. The van der Waals surface area contributed by atoms with Gasteiger partial charge in [-0.25, -0.2) is 4.79 Å². The van der Waals surface area contributed by atoms with Gasteiger partial charge >= 0.3 is 11.7 Å². The highest BCUT2D eigenvalue weighted by Gasteiger charge is 2.27. The van der Waals surface area contributed by atoms with Gasteiger partial charge in [0, 0.05) is 11.1 Å². The summed E-state index contributed by atoms with van der Waals surface area (Å²) in [5.41, 5.74) is 2.82. The van der Waals surface area contributed by atoms with Crippen molar-refractivity contribution in [3.05, 3.63) is 33.8 Å². The Kier molecular flexibility index (Phi) is 6.45. The standard InChI is InChI=1S/C14H20NO2S2/c1-6-17-13(16)12(14(18-4)19-5)15-8-10(2)7-11(3)9-15/h7-9H,6H2,1-5H3/q+1. The number of carbonyl (C=O) groups excluding carboxylic acids is 1. The Bertz CT molecular complexity index is 472. The van der Waals surface area contributed by atoms with Crippen molar-refractivity contribution in [2.45, 2.75) is 20.8 Å². The Morgan fingerprint density at radius 2 is 1.74 bits per heavy atom. The fourth-order valence-corrected chi connectivity index (χ4v) is 3.24. The molecular formula is C14H20NO2S2+. The van der Waals surface area contributed by atoms with Gasteiger partial charge in [0.05, 0.1) is 6.61 Å². The molecule has 0 saturated heterocycles. The third-order valence-electron chi connectivity index (χ3n) is 2.43. The summed E-state index contributed by atoms with van der Waals surface area (Å²) in [5.74, 6) is -0.281. The van der Waals surface area contributed by atoms with Crippen LogP contribution in [-0.4, -0.2) is 25.1 Å². The Balaban J connectivity index is 3.38. The van der Waals surface area contributed by atoms with Crippen LogP contribution in [0.2, 0.25) is 0 Å². The zero-order valence-corrected chi connectivity index (χ0v) is 13.7. The minimum absolute atomic E-state index is 0.281. The second kappa shape index (κ2) is 7.60. The minimum atomic E-state index is -0.281. The maximum atomic E-state index is 12.2. The zero-order chi connectivity index (χ0) is 14.4. The number of ether oxygens (including phenoxy) is 1. The molecule has 1 aromatic rings. The van der Waals surface area contributed by atoms with Crippen LogP contribution in [0, 0.1) is 13.8 Å². The molecule has 0 atom stereocenters. The monoisotopic (exact) mass is 298 g/mol. The highest BCUT2D eigenvalue weighted by atomic mass is 32.2. The van der Waals surface area contributed by atoms with E-state index in [1.807, 2.05) is 50.2 Å². The number of pyridine rings is 1. The van der Waals surface area contributed by atoms with Crippen LogP contribution in [-0.2, 0) is 9.53 Å². The number of hydrogen-bond acceptors (Lipinski definition) is 4. The Hall–Kier alpha value is -0.940. The molecule has 0 aliphatic rings. The Morgan fingerprint density at radius 1 is 1.21 bits per heavy atom. The lowest BCUT2D eigenvalue weighted by Crippen LogP contribution is -2.38. The van der Waals surface area contributed by atoms with Crippen LogP contribution in [0.15, 0.2) is 22.7 Å². The molecule has 104 valence electrons. The highest BCUT2D eigenvalue weighted by Crippen LogP contribution is 2.28. The van der Waals surface area contributed by atoms with E-state index in [9.17, 15) is 4.79 Å². The molecule has 0 spiro atoms. The number of aryl methyl sites for hydroxylation is 2. The van der Waals surface area contributed by atoms with Gasteiger partial charge < -0.3 is 4.74 Å². The van der Waals surface area contributed by atoms with Gasteiger partial charge in [0.1, 0.15) is 4.24 Å². The molecule has 0 fully saturated rings. The van der Waals surface area contributed by atoms with Gasteiger partial charge in [-0.3, -0.25) is 0 Å². The van der Waals surface area contributed by atoms with Crippen LogP contribution >= 0.6 is 23.5 Å². The highest BCUT2D eigenvalue weighted by molar-refractivity contribution is 8.21. The number of esters is 1. The first-order valence-electron chi connectivity index (χ1n) is 6.02. The van der Waals surface area contributed by atoms with Crippen LogP contribution < -0.4 is 4.57 Å². The van der Waals surface area contributed by atoms with E-state index in [0.717, 1.165) is 15.4 Å². The number of rotatable bonds is 5. The average molecular weight is 298 g/mol. The van der Waals surface area contributed by atoms with Gasteiger partial charge in [0.2, 0.25) is 0 Å². The molecule has 0 bridgehead atoms. The molecule has 1 rings (SSSR count). The van der Waals surface area contributed by atoms with Gasteiger partial charge in [0.15, 0.2) is 12.4 Å². The van der Waals surface area contributed by atoms with Crippen molar-refractivity contribution in [2.75, 3.05) is 19.1 Å². The Morgan fingerprint density at radius 3 is 2.16 bits per heavy atom. The molecule has 0 aliphatic heterocycles. The lowest BCUT2D eigenvalue weighted by molar-refractivity contribution is -0.579. The number of nitrogens with zero attached hydrogens (tertiary/aromatic N) is 1. The van der Waals surface area contributed by atoms with Crippen LogP contribution in [0.5, 0.6) is 0 Å². The quantitative estimate of drug-likeness (QED) is 0.475. The summed E-state index contributed by atoms with van der Waals surface area (Å²) in [6.45, 7) is 6.23. The molecule has 0 N–H and O–H groups in total. The van der Waals surface area contributed by atoms with E-state index in [0.29, 0.717) is 12.3 Å². The van der Waals surface area contributed by atoms with Crippen LogP contribution in [0.4, 0.5) is 0 Å². The lowest BCUT2D eigenvalue weighted by Gasteiger charge is -2.07. The largest absolute Gasteiger partial charge is 0.458 e. The van der Waals surface area contributed by atoms with Crippen LogP contribution in [0.1, 0.15) is 18.1 Å². The maximum absolute atomic E-state index is 12.2. The van der Waals surface area contributed by atoms with E-state index in [2.05, 4.69) is 6.07 Å². The molecule has 0 radical (unpaired) electrons. The third kappa shape index (κ3) is 4.28. The minimum Gasteiger partial charge on any atom is -0.458 e. The van der Waals surface area contributed by atoms with Crippen molar-refractivity contribution >= 4 is 35.2 Å². The second-order valence-electron chi connectivity index (χ2n) is 4.06. The smallest absolute Gasteiger partial charge is 0.405 e. The van der Waals surface area contributed by atoms with Crippen LogP contribution in [0.25, 0.3) is 5.70 Å². The molecule has 5 heteroatoms. The molecule has 1 heterocycles. The average Bonchev–Trinajstić information content (AvgIpc) is 2.34. The molecule has 0 unspecified atom stereocenters. The molecule has 0 saturated carbocycles. The predicted molar refractivity (Wildman–Crippen MR) is 83.0 cm³/mol. The molecule has 19 heavy (non-hydrogen) atoms. The van der Waals surface area contributed by atoms with Crippen molar-refractivity contribution in [1.82, 2.24) is 0 Å². The lowest BCUT2D eigenvalue weighted by atomic mass is 10.2. The van der Waals surface area contributed by atoms with Crippen molar-refractivity contribution in [3.8, 4) is 0 Å². The van der Waals surface area contributed by atoms with Crippen molar-refractivity contribution in [3.63, 3.8) is 0 Å². The third-order valence-corrected chi connectivity index (χ3v) is 4.56. The van der Waals surface area contributed by atoms with Crippen molar-refractivity contribution < 1.29 is 14.1 Å². The number of carbonyl (C=O) groups is 1. The molecule has 1 aromatic heterocycles. The summed E-state index contributed by atoms with van der Waals surface area (Å²) in [6.07, 6.45) is 7.83. The fraction of sp³-hybridized carbons (Fsp3) is 0.429. The Labute approximate surface area is 123 Å². The number of hydrogen-bond donors (Lipinski definition) is 0. The van der Waals surface area contributed by atoms with E-state index < -0.39 is 0 Å². The van der Waals surface area contributed by atoms with Gasteiger partial charge in [-0.15, -0.1) is 23.5 Å². The van der Waals surface area contributed by atoms with Gasteiger partial charge in [-0.2, -0.15) is 4.57 Å². The first-order chi connectivity index (χ1) is 9.03. The zero-order valence-electron chi connectivity index (χ0n) is 12.0. The fourth-order valence-electron chi connectivity index (χ4n) is 1.81. The van der Waals surface area contributed by atoms with E-state index in [-0.39, 0.29) is 5.97 Å². The summed E-state index contributed by atoms with van der Waals surface area (Å²) >= 11 is 3.12. The van der Waals surface area contributed by atoms with E-state index in [4.69, 9.17) is 4.74 Å². The van der Waals surface area contributed by atoms with Crippen LogP contribution in [0.3, 0.4) is 0 Å². The van der Waals surface area contributed by atoms with E-state index in [1.54, 1.807) is 23.5 Å². The van der Waals surface area contributed by atoms with Gasteiger partial charge in [0.25, 0.3) is 0 Å². The van der Waals surface area contributed by atoms with Crippen molar-refractivity contribution in [1.29, 1.82) is 0 Å². The molecule has 0 aromatic carbocycles. The SMILES string of the molecule is CCOC(=O)C(=C(SC)SC)[n+]1cc(C)cc(C)c1. The first kappa shape index (κ1) is 16.1. The summed E-state index contributed by atoms with van der Waals surface area (Å²) in [7, 11) is 0. The normalized spacial score (nSPS) is 10.2.